The van der Waals surface area contributed by atoms with E-state index in [2.05, 4.69) is 9.72 Å². The molecule has 5 nitrogen and oxygen atoms in total. The highest BCUT2D eigenvalue weighted by molar-refractivity contribution is 14.1. The van der Waals surface area contributed by atoms with E-state index in [9.17, 15) is 32.1 Å². The largest absolute Gasteiger partial charge is 0.573 e. The van der Waals surface area contributed by atoms with Gasteiger partial charge in [0.15, 0.2) is 0 Å². The van der Waals surface area contributed by atoms with E-state index < -0.39 is 34.8 Å². The van der Waals surface area contributed by atoms with Crippen LogP contribution in [0.2, 0.25) is 0 Å². The van der Waals surface area contributed by atoms with Crippen LogP contribution < -0.4 is 4.74 Å². The molecule has 1 aromatic rings. The molecule has 0 spiro atoms. The van der Waals surface area contributed by atoms with Crippen molar-refractivity contribution in [3.8, 4) is 5.75 Å². The van der Waals surface area contributed by atoms with E-state index in [0.717, 1.165) is 0 Å². The van der Waals surface area contributed by atoms with Crippen molar-refractivity contribution in [3.05, 3.63) is 25.4 Å². The first-order valence-electron chi connectivity index (χ1n) is 4.00. The van der Waals surface area contributed by atoms with Gasteiger partial charge >= 0.3 is 12.2 Å². The molecular weight excluding hydrogens is 382 g/mol. The summed E-state index contributed by atoms with van der Waals surface area (Å²) < 4.78 is 64.1. The molecule has 0 aromatic carbocycles. The van der Waals surface area contributed by atoms with Gasteiger partial charge in [-0.1, -0.05) is 0 Å². The Morgan fingerprint density at radius 2 is 2.00 bits per heavy atom. The van der Waals surface area contributed by atoms with Gasteiger partial charge in [-0.15, -0.1) is 13.2 Å². The van der Waals surface area contributed by atoms with Gasteiger partial charge in [0.2, 0.25) is 9.45 Å². The third kappa shape index (κ3) is 3.61. The molecule has 0 fully saturated rings. The summed E-state index contributed by atoms with van der Waals surface area (Å²) in [6.45, 7) is 0. The van der Waals surface area contributed by atoms with Crippen LogP contribution in [0.1, 0.15) is 12.0 Å². The fraction of sp³-hybridized carbons (Fsp3) is 0.286. The second-order valence-electron chi connectivity index (χ2n) is 2.79. The van der Waals surface area contributed by atoms with Crippen molar-refractivity contribution >= 4 is 28.4 Å². The molecule has 0 aliphatic heterocycles. The number of hydrogen-bond donors (Lipinski definition) is 0. The van der Waals surface area contributed by atoms with E-state index in [4.69, 9.17) is 0 Å². The molecule has 1 heterocycles. The highest BCUT2D eigenvalue weighted by Gasteiger charge is 2.38. The second-order valence-corrected chi connectivity index (χ2v) is 3.90. The Balaban J connectivity index is 3.46. The minimum Gasteiger partial charge on any atom is -0.396 e. The Morgan fingerprint density at radius 3 is 2.39 bits per heavy atom. The summed E-state index contributed by atoms with van der Waals surface area (Å²) in [5, 5.41) is 10.5. The first-order valence-corrected chi connectivity index (χ1v) is 5.08. The van der Waals surface area contributed by atoms with Crippen molar-refractivity contribution < 1.29 is 31.6 Å². The van der Waals surface area contributed by atoms with Gasteiger partial charge in [0, 0.05) is 28.7 Å². The molecule has 0 amide bonds. The quantitative estimate of drug-likeness (QED) is 0.263. The van der Waals surface area contributed by atoms with Crippen molar-refractivity contribution in [3.63, 3.8) is 0 Å². The lowest BCUT2D eigenvalue weighted by Crippen LogP contribution is -2.19. The second kappa shape index (κ2) is 5.16. The Morgan fingerprint density at radius 1 is 1.44 bits per heavy atom. The van der Waals surface area contributed by atoms with E-state index in [1.807, 2.05) is 0 Å². The molecular formula is C7H2F5IN2O3. The monoisotopic (exact) mass is 384 g/mol. The molecule has 0 N–H and O–H groups in total. The Hall–Kier alpha value is -1.27. The van der Waals surface area contributed by atoms with Gasteiger partial charge in [-0.25, -0.2) is 8.78 Å². The van der Waals surface area contributed by atoms with Crippen LogP contribution in [0.25, 0.3) is 0 Å². The maximum atomic E-state index is 12.5. The first-order chi connectivity index (χ1) is 8.11. The number of pyridine rings is 1. The van der Waals surface area contributed by atoms with Gasteiger partial charge in [-0.3, -0.25) is 0 Å². The van der Waals surface area contributed by atoms with Gasteiger partial charge in [-0.05, 0) is 9.91 Å². The molecule has 0 atom stereocenters. The molecule has 11 heteroatoms. The molecule has 18 heavy (non-hydrogen) atoms. The SMILES string of the molecule is O=[N+]([O-])c1nc(I)cc(C(F)F)c1OC(F)(F)F. The molecule has 0 saturated heterocycles. The molecule has 0 saturated carbocycles. The predicted molar refractivity (Wildman–Crippen MR) is 55.2 cm³/mol. The average Bonchev–Trinajstić information content (AvgIpc) is 2.17. The summed E-state index contributed by atoms with van der Waals surface area (Å²) in [6.07, 6.45) is -8.69. The fourth-order valence-electron chi connectivity index (χ4n) is 1.01. The minimum absolute atomic E-state index is 0.246. The van der Waals surface area contributed by atoms with E-state index >= 15 is 0 Å². The fourth-order valence-corrected chi connectivity index (χ4v) is 1.58. The third-order valence-electron chi connectivity index (χ3n) is 1.58. The topological polar surface area (TPSA) is 65.3 Å². The van der Waals surface area contributed by atoms with Gasteiger partial charge in [0.05, 0.1) is 5.56 Å². The molecule has 1 aromatic heterocycles. The first kappa shape index (κ1) is 14.8. The highest BCUT2D eigenvalue weighted by Crippen LogP contribution is 2.39. The maximum absolute atomic E-state index is 12.5. The van der Waals surface area contributed by atoms with Crippen LogP contribution in [-0.4, -0.2) is 16.3 Å². The van der Waals surface area contributed by atoms with Crippen LogP contribution in [0.3, 0.4) is 0 Å². The number of alkyl halides is 5. The standard InChI is InChI=1S/C7H2F5IN2O3/c8-5(9)2-1-3(13)14-6(15(16)17)4(2)18-7(10,11)12/h1,5H. The Kier molecular flexibility index (Phi) is 4.24. The lowest BCUT2D eigenvalue weighted by atomic mass is 10.2. The smallest absolute Gasteiger partial charge is 0.396 e. The summed E-state index contributed by atoms with van der Waals surface area (Å²) in [7, 11) is 0. The number of nitro groups is 1. The zero-order valence-electron chi connectivity index (χ0n) is 8.04. The number of ether oxygens (including phenoxy) is 1. The van der Waals surface area contributed by atoms with Gasteiger partial charge in [0.25, 0.3) is 6.43 Å². The molecule has 0 aliphatic rings. The molecule has 0 bridgehead atoms. The number of halogens is 6. The van der Waals surface area contributed by atoms with E-state index in [1.165, 1.54) is 22.6 Å². The Bertz CT molecular complexity index is 479. The van der Waals surface area contributed by atoms with E-state index in [0.29, 0.717) is 6.07 Å². The van der Waals surface area contributed by atoms with E-state index in [1.54, 1.807) is 0 Å². The maximum Gasteiger partial charge on any atom is 0.573 e. The van der Waals surface area contributed by atoms with Gasteiger partial charge in [0.1, 0.15) is 0 Å². The third-order valence-corrected chi connectivity index (χ3v) is 2.13. The summed E-state index contributed by atoms with van der Waals surface area (Å²) in [5.74, 6) is -3.00. The highest BCUT2D eigenvalue weighted by atomic mass is 127. The molecule has 100 valence electrons. The van der Waals surface area contributed by atoms with Crippen molar-refractivity contribution in [2.75, 3.05) is 0 Å². The van der Waals surface area contributed by atoms with Crippen LogP contribution >= 0.6 is 22.6 Å². The molecule has 0 aliphatic carbocycles. The normalized spacial score (nSPS) is 11.7. The zero-order chi connectivity index (χ0) is 14.1. The molecule has 0 unspecified atom stereocenters. The van der Waals surface area contributed by atoms with Crippen molar-refractivity contribution in [2.24, 2.45) is 0 Å². The zero-order valence-corrected chi connectivity index (χ0v) is 10.2. The van der Waals surface area contributed by atoms with Crippen LogP contribution in [-0.2, 0) is 0 Å². The molecule has 1 rings (SSSR count). The molecule has 0 radical (unpaired) electrons. The average molecular weight is 384 g/mol. The van der Waals surface area contributed by atoms with Crippen LogP contribution in [0.5, 0.6) is 5.75 Å². The van der Waals surface area contributed by atoms with E-state index in [-0.39, 0.29) is 3.70 Å². The Labute approximate surface area is 109 Å². The number of rotatable bonds is 3. The van der Waals surface area contributed by atoms with Crippen molar-refractivity contribution in [1.82, 2.24) is 4.98 Å². The van der Waals surface area contributed by atoms with Crippen molar-refractivity contribution in [2.45, 2.75) is 12.8 Å². The summed E-state index contributed by atoms with van der Waals surface area (Å²) in [6, 6.07) is 0.583. The number of hydrogen-bond acceptors (Lipinski definition) is 4. The van der Waals surface area contributed by atoms with Crippen LogP contribution in [0, 0.1) is 13.8 Å². The van der Waals surface area contributed by atoms with Gasteiger partial charge in [-0.2, -0.15) is 0 Å². The predicted octanol–water partition coefficient (Wildman–Crippen LogP) is 3.43. The van der Waals surface area contributed by atoms with Gasteiger partial charge < -0.3 is 14.9 Å². The lowest BCUT2D eigenvalue weighted by Gasteiger charge is -2.12. The summed E-state index contributed by atoms with van der Waals surface area (Å²) in [5.41, 5.74) is -1.24. The number of nitrogens with zero attached hydrogens (tertiary/aromatic N) is 2. The van der Waals surface area contributed by atoms with Crippen LogP contribution in [0.15, 0.2) is 6.07 Å². The number of aromatic nitrogens is 1. The van der Waals surface area contributed by atoms with Crippen molar-refractivity contribution in [1.29, 1.82) is 0 Å². The lowest BCUT2D eigenvalue weighted by molar-refractivity contribution is -0.393. The van der Waals surface area contributed by atoms with Crippen LogP contribution in [0.4, 0.5) is 27.8 Å². The summed E-state index contributed by atoms with van der Waals surface area (Å²) in [4.78, 5) is 12.3. The summed E-state index contributed by atoms with van der Waals surface area (Å²) >= 11 is 1.37. The minimum atomic E-state index is -5.33.